The second-order valence-electron chi connectivity index (χ2n) is 3.49. The summed E-state index contributed by atoms with van der Waals surface area (Å²) in [7, 11) is 0. The van der Waals surface area contributed by atoms with E-state index in [4.69, 9.17) is 11.5 Å². The Labute approximate surface area is 93.0 Å². The Bertz CT molecular complexity index is 406. The number of hydrogen-bond acceptors (Lipinski definition) is 4. The predicted octanol–water partition coefficient (Wildman–Crippen LogP) is -0.342. The molecule has 6 nitrogen and oxygen atoms in total. The molecule has 0 bridgehead atoms. The topological polar surface area (TPSA) is 111 Å². The van der Waals surface area contributed by atoms with Gasteiger partial charge in [0, 0.05) is 18.7 Å². The third kappa shape index (κ3) is 3.23. The first-order valence-electron chi connectivity index (χ1n) is 4.80. The number of hydrogen-bond donors (Lipinski definition) is 3. The molecule has 0 saturated carbocycles. The van der Waals surface area contributed by atoms with Gasteiger partial charge in [-0.2, -0.15) is 0 Å². The van der Waals surface area contributed by atoms with Crippen LogP contribution in [0.25, 0.3) is 0 Å². The minimum Gasteiger partial charge on any atom is -0.397 e. The number of carbonyl (C=O) groups is 2. The average molecular weight is 222 g/mol. The number of pyridine rings is 1. The number of nitrogens with zero attached hydrogens (tertiary/aromatic N) is 1. The highest BCUT2D eigenvalue weighted by Crippen LogP contribution is 2.06. The molecular formula is C10H14N4O2. The summed E-state index contributed by atoms with van der Waals surface area (Å²) in [4.78, 5) is 26.1. The lowest BCUT2D eigenvalue weighted by Gasteiger charge is -2.12. The number of nitrogen functional groups attached to an aromatic ring is 1. The highest BCUT2D eigenvalue weighted by atomic mass is 16.2. The van der Waals surface area contributed by atoms with Gasteiger partial charge in [0.1, 0.15) is 0 Å². The molecule has 5 N–H and O–H groups in total. The third-order valence-electron chi connectivity index (χ3n) is 1.94. The lowest BCUT2D eigenvalue weighted by Crippen LogP contribution is -2.36. The summed E-state index contributed by atoms with van der Waals surface area (Å²) in [5, 5.41) is 2.59. The predicted molar refractivity (Wildman–Crippen MR) is 59.4 cm³/mol. The van der Waals surface area contributed by atoms with Gasteiger partial charge in [-0.05, 0) is 19.1 Å². The number of rotatable bonds is 4. The van der Waals surface area contributed by atoms with Crippen LogP contribution in [0.5, 0.6) is 0 Å². The fourth-order valence-corrected chi connectivity index (χ4v) is 1.25. The van der Waals surface area contributed by atoms with E-state index < -0.39 is 11.8 Å². The fraction of sp³-hybridized carbons (Fsp3) is 0.300. The van der Waals surface area contributed by atoms with E-state index in [1.165, 1.54) is 6.20 Å². The van der Waals surface area contributed by atoms with Crippen LogP contribution < -0.4 is 16.8 Å². The van der Waals surface area contributed by atoms with Crippen LogP contribution in [0.15, 0.2) is 18.3 Å². The molecule has 86 valence electrons. The third-order valence-corrected chi connectivity index (χ3v) is 1.94. The Morgan fingerprint density at radius 2 is 2.25 bits per heavy atom. The van der Waals surface area contributed by atoms with Crippen LogP contribution in [0, 0.1) is 0 Å². The standard InChI is InChI=1S/C10H14N4O2/c1-6(5-8(12)15)14-10(16)9-7(11)3-2-4-13-9/h2-4,6H,5,11H2,1H3,(H2,12,15)(H,14,16). The molecule has 0 aliphatic carbocycles. The van der Waals surface area contributed by atoms with Crippen LogP contribution in [0.3, 0.4) is 0 Å². The molecule has 1 atom stereocenters. The number of carbonyl (C=O) groups excluding carboxylic acids is 2. The minimum atomic E-state index is -0.471. The van der Waals surface area contributed by atoms with Crippen LogP contribution in [-0.2, 0) is 4.79 Å². The number of amides is 2. The van der Waals surface area contributed by atoms with Crippen molar-refractivity contribution in [3.63, 3.8) is 0 Å². The molecule has 0 aliphatic heterocycles. The SMILES string of the molecule is CC(CC(N)=O)NC(=O)c1ncccc1N. The van der Waals surface area contributed by atoms with Gasteiger partial charge in [0.25, 0.3) is 5.91 Å². The van der Waals surface area contributed by atoms with E-state index in [9.17, 15) is 9.59 Å². The van der Waals surface area contributed by atoms with Gasteiger partial charge in [-0.15, -0.1) is 0 Å². The maximum atomic E-state index is 11.7. The van der Waals surface area contributed by atoms with Gasteiger partial charge < -0.3 is 16.8 Å². The van der Waals surface area contributed by atoms with E-state index in [1.54, 1.807) is 19.1 Å². The molecule has 0 saturated heterocycles. The molecule has 1 rings (SSSR count). The average Bonchev–Trinajstić information content (AvgIpc) is 2.16. The van der Waals surface area contributed by atoms with Crippen molar-refractivity contribution in [2.75, 3.05) is 5.73 Å². The Morgan fingerprint density at radius 3 is 2.81 bits per heavy atom. The molecule has 0 spiro atoms. The summed E-state index contributed by atoms with van der Waals surface area (Å²) < 4.78 is 0. The first-order chi connectivity index (χ1) is 7.50. The van der Waals surface area contributed by atoms with E-state index in [2.05, 4.69) is 10.3 Å². The second kappa shape index (κ2) is 5.11. The van der Waals surface area contributed by atoms with Crippen LogP contribution in [0.2, 0.25) is 0 Å². The minimum absolute atomic E-state index is 0.0818. The summed E-state index contributed by atoms with van der Waals surface area (Å²) in [6, 6.07) is 2.88. The molecule has 1 heterocycles. The van der Waals surface area contributed by atoms with Crippen molar-refractivity contribution in [2.24, 2.45) is 5.73 Å². The monoisotopic (exact) mass is 222 g/mol. The van der Waals surface area contributed by atoms with Gasteiger partial charge in [0.2, 0.25) is 5.91 Å². The zero-order valence-corrected chi connectivity index (χ0v) is 8.93. The lowest BCUT2D eigenvalue weighted by molar-refractivity contribution is -0.118. The second-order valence-corrected chi connectivity index (χ2v) is 3.49. The molecule has 0 radical (unpaired) electrons. The van der Waals surface area contributed by atoms with Crippen molar-refractivity contribution in [1.29, 1.82) is 0 Å². The van der Waals surface area contributed by atoms with Crippen LogP contribution >= 0.6 is 0 Å². The fourth-order valence-electron chi connectivity index (χ4n) is 1.25. The summed E-state index contributed by atoms with van der Waals surface area (Å²) >= 11 is 0. The molecule has 1 unspecified atom stereocenters. The number of nitrogens with two attached hydrogens (primary N) is 2. The van der Waals surface area contributed by atoms with E-state index in [0.717, 1.165) is 0 Å². The maximum Gasteiger partial charge on any atom is 0.272 e. The van der Waals surface area contributed by atoms with Crippen molar-refractivity contribution in [1.82, 2.24) is 10.3 Å². The lowest BCUT2D eigenvalue weighted by atomic mass is 10.2. The number of aromatic nitrogens is 1. The number of primary amides is 1. The first kappa shape index (κ1) is 12.0. The quantitative estimate of drug-likeness (QED) is 0.646. The summed E-state index contributed by atoms with van der Waals surface area (Å²) in [5.41, 5.74) is 11.0. The smallest absolute Gasteiger partial charge is 0.272 e. The normalized spacial score (nSPS) is 11.8. The molecule has 2 amide bonds. The molecule has 0 aliphatic rings. The molecule has 6 heteroatoms. The molecule has 0 aromatic carbocycles. The maximum absolute atomic E-state index is 11.7. The van der Waals surface area contributed by atoms with Gasteiger partial charge in [-0.3, -0.25) is 9.59 Å². The molecule has 0 fully saturated rings. The Kier molecular flexibility index (Phi) is 3.82. The highest BCUT2D eigenvalue weighted by Gasteiger charge is 2.14. The Morgan fingerprint density at radius 1 is 1.56 bits per heavy atom. The van der Waals surface area contributed by atoms with Gasteiger partial charge in [0.15, 0.2) is 5.69 Å². The Hall–Kier alpha value is -2.11. The summed E-state index contributed by atoms with van der Waals surface area (Å²) in [6.45, 7) is 1.68. The van der Waals surface area contributed by atoms with E-state index in [0.29, 0.717) is 5.69 Å². The van der Waals surface area contributed by atoms with Gasteiger partial charge in [0.05, 0.1) is 5.69 Å². The Balaban J connectivity index is 2.66. The van der Waals surface area contributed by atoms with Crippen LogP contribution in [-0.4, -0.2) is 22.8 Å². The van der Waals surface area contributed by atoms with Crippen molar-refractivity contribution >= 4 is 17.5 Å². The summed E-state index contributed by atoms with van der Waals surface area (Å²) in [6.07, 6.45) is 1.56. The molecule has 1 aromatic rings. The van der Waals surface area contributed by atoms with Gasteiger partial charge in [-0.1, -0.05) is 0 Å². The van der Waals surface area contributed by atoms with E-state index in [1.807, 2.05) is 0 Å². The van der Waals surface area contributed by atoms with Crippen molar-refractivity contribution < 1.29 is 9.59 Å². The van der Waals surface area contributed by atoms with Gasteiger partial charge >= 0.3 is 0 Å². The van der Waals surface area contributed by atoms with Crippen LogP contribution in [0.4, 0.5) is 5.69 Å². The first-order valence-corrected chi connectivity index (χ1v) is 4.80. The number of nitrogens with one attached hydrogen (secondary N) is 1. The van der Waals surface area contributed by atoms with Crippen LogP contribution in [0.1, 0.15) is 23.8 Å². The zero-order chi connectivity index (χ0) is 12.1. The largest absolute Gasteiger partial charge is 0.397 e. The molecule has 16 heavy (non-hydrogen) atoms. The molecular weight excluding hydrogens is 208 g/mol. The highest BCUT2D eigenvalue weighted by molar-refractivity contribution is 5.97. The zero-order valence-electron chi connectivity index (χ0n) is 8.93. The van der Waals surface area contributed by atoms with Crippen molar-refractivity contribution in [2.45, 2.75) is 19.4 Å². The van der Waals surface area contributed by atoms with Crippen molar-refractivity contribution in [3.8, 4) is 0 Å². The molecule has 1 aromatic heterocycles. The van der Waals surface area contributed by atoms with E-state index in [-0.39, 0.29) is 18.2 Å². The van der Waals surface area contributed by atoms with Gasteiger partial charge in [-0.25, -0.2) is 4.98 Å². The van der Waals surface area contributed by atoms with E-state index >= 15 is 0 Å². The number of anilines is 1. The summed E-state index contributed by atoms with van der Waals surface area (Å²) in [5.74, 6) is -0.881. The van der Waals surface area contributed by atoms with Crippen molar-refractivity contribution in [3.05, 3.63) is 24.0 Å².